The summed E-state index contributed by atoms with van der Waals surface area (Å²) in [6, 6.07) is 16.1. The monoisotopic (exact) mass is 555 g/mol. The van der Waals surface area contributed by atoms with Crippen molar-refractivity contribution in [2.75, 3.05) is 57.1 Å². The highest BCUT2D eigenvalue weighted by molar-refractivity contribution is 7.99. The second-order valence-corrected chi connectivity index (χ2v) is 11.5. The predicted molar refractivity (Wildman–Crippen MR) is 158 cm³/mol. The summed E-state index contributed by atoms with van der Waals surface area (Å²) in [5.41, 5.74) is 3.28. The maximum Gasteiger partial charge on any atom is 0.234 e. The van der Waals surface area contributed by atoms with Gasteiger partial charge in [-0.1, -0.05) is 24.3 Å². The molecule has 1 aromatic heterocycles. The minimum atomic E-state index is 0.282. The normalized spacial score (nSPS) is 17.4. The van der Waals surface area contributed by atoms with E-state index in [1.165, 1.54) is 11.8 Å². The highest BCUT2D eigenvalue weighted by Gasteiger charge is 2.29. The number of carbonyl (C=O) groups is 1. The average Bonchev–Trinajstić information content (AvgIpc) is 3.73. The molecule has 9 nitrogen and oxygen atoms in total. The van der Waals surface area contributed by atoms with Crippen molar-refractivity contribution in [3.8, 4) is 5.75 Å². The number of carbonyl (C=O) groups excluding carboxylic acids is 1. The van der Waals surface area contributed by atoms with Crippen LogP contribution in [0.1, 0.15) is 24.0 Å². The van der Waals surface area contributed by atoms with E-state index in [0.29, 0.717) is 35.8 Å². The predicted octanol–water partition coefficient (Wildman–Crippen LogP) is 4.21. The van der Waals surface area contributed by atoms with Crippen LogP contribution in [0, 0.1) is 5.92 Å². The lowest BCUT2D eigenvalue weighted by atomic mass is 10.1. The first kappa shape index (κ1) is 26.5. The average molecular weight is 556 g/mol. The fourth-order valence-corrected chi connectivity index (χ4v) is 5.47. The van der Waals surface area contributed by atoms with Gasteiger partial charge in [-0.3, -0.25) is 9.79 Å². The van der Waals surface area contributed by atoms with Crippen LogP contribution in [0.5, 0.6) is 5.75 Å². The Hall–Kier alpha value is -3.76. The SMILES string of the molecule is COc1ccc(C2=CC(Nc3nc(Sc4ccc(CC(=O)C5CC5)cc4)nc(N4CCN(C)CC4)n3)=NC2)cc1. The summed E-state index contributed by atoms with van der Waals surface area (Å²) < 4.78 is 5.28. The van der Waals surface area contributed by atoms with Crippen LogP contribution < -0.4 is 15.0 Å². The van der Waals surface area contributed by atoms with Gasteiger partial charge in [0.1, 0.15) is 17.4 Å². The van der Waals surface area contributed by atoms with Crippen LogP contribution in [-0.4, -0.2) is 78.4 Å². The number of methoxy groups -OCH3 is 1. The van der Waals surface area contributed by atoms with E-state index in [2.05, 4.69) is 27.2 Å². The zero-order chi connectivity index (χ0) is 27.5. The summed E-state index contributed by atoms with van der Waals surface area (Å²) in [4.78, 5) is 36.7. The highest BCUT2D eigenvalue weighted by Crippen LogP contribution is 2.32. The summed E-state index contributed by atoms with van der Waals surface area (Å²) in [6.45, 7) is 4.21. The largest absolute Gasteiger partial charge is 0.497 e. The molecule has 1 aliphatic carbocycles. The van der Waals surface area contributed by atoms with E-state index >= 15 is 0 Å². The molecular weight excluding hydrogens is 522 g/mol. The van der Waals surface area contributed by atoms with Crippen LogP contribution in [0.15, 0.2) is 69.7 Å². The number of Topliss-reactive ketones (excluding diaryl/α,β-unsaturated/α-hetero) is 1. The van der Waals surface area contributed by atoms with Crippen LogP contribution in [0.2, 0.25) is 0 Å². The molecule has 1 N–H and O–H groups in total. The molecule has 0 bridgehead atoms. The van der Waals surface area contributed by atoms with Crippen molar-refractivity contribution in [1.82, 2.24) is 19.9 Å². The van der Waals surface area contributed by atoms with Crippen molar-refractivity contribution in [3.05, 3.63) is 65.7 Å². The van der Waals surface area contributed by atoms with E-state index in [9.17, 15) is 4.79 Å². The molecule has 1 saturated heterocycles. The lowest BCUT2D eigenvalue weighted by molar-refractivity contribution is -0.119. The first-order chi connectivity index (χ1) is 19.5. The zero-order valence-electron chi connectivity index (χ0n) is 22.8. The van der Waals surface area contributed by atoms with Gasteiger partial charge in [-0.2, -0.15) is 15.0 Å². The van der Waals surface area contributed by atoms with Gasteiger partial charge in [-0.05, 0) is 78.7 Å². The molecule has 10 heteroatoms. The number of amidine groups is 1. The molecule has 6 rings (SSSR count). The number of aromatic nitrogens is 3. The molecule has 206 valence electrons. The second kappa shape index (κ2) is 11.8. The highest BCUT2D eigenvalue weighted by atomic mass is 32.2. The summed E-state index contributed by atoms with van der Waals surface area (Å²) >= 11 is 1.49. The number of nitrogens with one attached hydrogen (secondary N) is 1. The number of aliphatic imine (C=N–C) groups is 1. The first-order valence-electron chi connectivity index (χ1n) is 13.7. The third-order valence-corrected chi connectivity index (χ3v) is 8.24. The molecule has 3 aromatic rings. The van der Waals surface area contributed by atoms with Crippen LogP contribution in [0.25, 0.3) is 5.57 Å². The number of anilines is 2. The molecule has 2 fully saturated rings. The number of rotatable bonds is 9. The van der Waals surface area contributed by atoms with E-state index in [1.54, 1.807) is 7.11 Å². The van der Waals surface area contributed by atoms with Crippen LogP contribution in [0.4, 0.5) is 11.9 Å². The van der Waals surface area contributed by atoms with Gasteiger partial charge >= 0.3 is 0 Å². The fraction of sp³-hybridized carbons (Fsp3) is 0.367. The smallest absolute Gasteiger partial charge is 0.234 e. The van der Waals surface area contributed by atoms with Gasteiger partial charge in [0.2, 0.25) is 11.9 Å². The van der Waals surface area contributed by atoms with Crippen LogP contribution in [-0.2, 0) is 11.2 Å². The van der Waals surface area contributed by atoms with Gasteiger partial charge < -0.3 is 19.9 Å². The summed E-state index contributed by atoms with van der Waals surface area (Å²) in [6.07, 6.45) is 4.64. The van der Waals surface area contributed by atoms with Gasteiger partial charge in [0.05, 0.1) is 13.7 Å². The first-order valence-corrected chi connectivity index (χ1v) is 14.5. The van der Waals surface area contributed by atoms with Crippen molar-refractivity contribution in [3.63, 3.8) is 0 Å². The lowest BCUT2D eigenvalue weighted by Gasteiger charge is -2.32. The molecule has 0 radical (unpaired) electrons. The summed E-state index contributed by atoms with van der Waals surface area (Å²) in [5, 5.41) is 3.94. The second-order valence-electron chi connectivity index (χ2n) is 10.4. The minimum Gasteiger partial charge on any atom is -0.497 e. The Bertz CT molecular complexity index is 1430. The van der Waals surface area contributed by atoms with E-state index in [4.69, 9.17) is 19.7 Å². The summed E-state index contributed by atoms with van der Waals surface area (Å²) in [7, 11) is 3.80. The number of benzene rings is 2. The molecule has 1 saturated carbocycles. The van der Waals surface area contributed by atoms with E-state index in [-0.39, 0.29) is 5.92 Å². The number of nitrogens with zero attached hydrogens (tertiary/aromatic N) is 6. The van der Waals surface area contributed by atoms with Crippen molar-refractivity contribution in [2.24, 2.45) is 10.9 Å². The van der Waals surface area contributed by atoms with Crippen molar-refractivity contribution in [1.29, 1.82) is 0 Å². The number of ether oxygens (including phenoxy) is 1. The van der Waals surface area contributed by atoms with Gasteiger partial charge in [0, 0.05) is 43.4 Å². The topological polar surface area (TPSA) is 95.8 Å². The number of ketones is 1. The summed E-state index contributed by atoms with van der Waals surface area (Å²) in [5.74, 6) is 3.33. The van der Waals surface area contributed by atoms with E-state index in [1.807, 2.05) is 54.6 Å². The van der Waals surface area contributed by atoms with E-state index in [0.717, 1.165) is 72.2 Å². The Morgan fingerprint density at radius 3 is 2.45 bits per heavy atom. The fourth-order valence-electron chi connectivity index (χ4n) is 4.72. The minimum absolute atomic E-state index is 0.282. The number of hydrogen-bond acceptors (Lipinski definition) is 10. The molecular formula is C30H33N7O2S. The molecule has 0 unspecified atom stereocenters. The van der Waals surface area contributed by atoms with Gasteiger partial charge in [0.25, 0.3) is 0 Å². The Balaban J connectivity index is 1.20. The van der Waals surface area contributed by atoms with E-state index < -0.39 is 0 Å². The quantitative estimate of drug-likeness (QED) is 0.417. The zero-order valence-corrected chi connectivity index (χ0v) is 23.7. The molecule has 2 aliphatic heterocycles. The van der Waals surface area contributed by atoms with Crippen molar-refractivity contribution < 1.29 is 9.53 Å². The molecule has 40 heavy (non-hydrogen) atoms. The Morgan fingerprint density at radius 1 is 1.00 bits per heavy atom. The standard InChI is InChI=1S/C30H33N7O2S/c1-36-13-15-37(16-14-36)29-33-28(32-27-18-23(19-31-27)21-7-9-24(39-2)10-8-21)34-30(35-29)40-25-11-3-20(4-12-25)17-26(38)22-5-6-22/h3-4,7-12,18,22H,5-6,13-17,19H2,1-2H3,(H,31,32,33,34,35). The van der Waals surface area contributed by atoms with Gasteiger partial charge in [-0.25, -0.2) is 0 Å². The van der Waals surface area contributed by atoms with Crippen molar-refractivity contribution >= 4 is 40.9 Å². The molecule has 0 amide bonds. The Labute approximate surface area is 238 Å². The number of piperazine rings is 1. The maximum atomic E-state index is 12.2. The Morgan fingerprint density at radius 2 is 1.75 bits per heavy atom. The lowest BCUT2D eigenvalue weighted by Crippen LogP contribution is -2.45. The molecule has 3 aliphatic rings. The molecule has 2 aromatic carbocycles. The maximum absolute atomic E-state index is 12.2. The van der Waals surface area contributed by atoms with Gasteiger partial charge in [-0.15, -0.1) is 0 Å². The van der Waals surface area contributed by atoms with Crippen LogP contribution >= 0.6 is 11.8 Å². The molecule has 0 atom stereocenters. The molecule has 3 heterocycles. The van der Waals surface area contributed by atoms with Gasteiger partial charge in [0.15, 0.2) is 5.16 Å². The Kier molecular flexibility index (Phi) is 7.79. The third kappa shape index (κ3) is 6.51. The van der Waals surface area contributed by atoms with Crippen LogP contribution in [0.3, 0.4) is 0 Å². The third-order valence-electron chi connectivity index (χ3n) is 7.36. The molecule has 0 spiro atoms. The number of hydrogen-bond donors (Lipinski definition) is 1. The number of likely N-dealkylation sites (N-methyl/N-ethyl adjacent to an activating group) is 1. The van der Waals surface area contributed by atoms with Crippen molar-refractivity contribution in [2.45, 2.75) is 29.3 Å².